The Morgan fingerprint density at radius 2 is 2.12 bits per heavy atom. The summed E-state index contributed by atoms with van der Waals surface area (Å²) in [6.45, 7) is 2.08. The van der Waals surface area contributed by atoms with E-state index in [2.05, 4.69) is 6.92 Å². The highest BCUT2D eigenvalue weighted by Gasteiger charge is 2.32. The van der Waals surface area contributed by atoms with Crippen LogP contribution in [-0.4, -0.2) is 5.78 Å². The van der Waals surface area contributed by atoms with Gasteiger partial charge in [0.05, 0.1) is 6.26 Å². The molecule has 1 fully saturated rings. The maximum Gasteiger partial charge on any atom is 0.161 e. The van der Waals surface area contributed by atoms with Gasteiger partial charge in [-0.2, -0.15) is 0 Å². The van der Waals surface area contributed by atoms with Gasteiger partial charge in [-0.05, 0) is 37.1 Å². The van der Waals surface area contributed by atoms with Crippen LogP contribution in [0.2, 0.25) is 0 Å². The lowest BCUT2D eigenvalue weighted by Gasteiger charge is -2.30. The van der Waals surface area contributed by atoms with Crippen LogP contribution in [0.15, 0.2) is 28.9 Å². The summed E-state index contributed by atoms with van der Waals surface area (Å²) in [5.41, 5.74) is -0.138. The second kappa shape index (κ2) is 4.69. The number of hydrogen-bond donors (Lipinski definition) is 0. The van der Waals surface area contributed by atoms with Crippen molar-refractivity contribution in [1.82, 2.24) is 0 Å². The first-order chi connectivity index (χ1) is 7.71. The fourth-order valence-electron chi connectivity index (χ4n) is 2.32. The average Bonchev–Trinajstić information content (AvgIpc) is 2.79. The van der Waals surface area contributed by atoms with Crippen LogP contribution >= 0.6 is 0 Å². The number of allylic oxidation sites excluding steroid dienone is 1. The van der Waals surface area contributed by atoms with Crippen LogP contribution < -0.4 is 0 Å². The molecule has 1 aliphatic carbocycles. The van der Waals surface area contributed by atoms with Gasteiger partial charge in [-0.1, -0.05) is 26.2 Å². The van der Waals surface area contributed by atoms with E-state index in [9.17, 15) is 4.79 Å². The summed E-state index contributed by atoms with van der Waals surface area (Å²) in [5.74, 6) is 0.983. The summed E-state index contributed by atoms with van der Waals surface area (Å²) in [4.78, 5) is 12.1. The normalized spacial score (nSPS) is 20.1. The SMILES string of the molecule is CC1(C(=O)/C=C/c2ccco2)CCCCC1. The minimum atomic E-state index is -0.138. The highest BCUT2D eigenvalue weighted by molar-refractivity contribution is 5.97. The van der Waals surface area contributed by atoms with Crippen LogP contribution in [-0.2, 0) is 4.79 Å². The molecule has 0 radical (unpaired) electrons. The molecule has 1 saturated carbocycles. The van der Waals surface area contributed by atoms with Gasteiger partial charge >= 0.3 is 0 Å². The molecule has 1 heterocycles. The summed E-state index contributed by atoms with van der Waals surface area (Å²) in [6.07, 6.45) is 10.7. The second-order valence-electron chi connectivity index (χ2n) is 4.83. The summed E-state index contributed by atoms with van der Waals surface area (Å²) in [6, 6.07) is 3.68. The first-order valence-electron chi connectivity index (χ1n) is 5.97. The van der Waals surface area contributed by atoms with Crippen LogP contribution in [0.5, 0.6) is 0 Å². The van der Waals surface area contributed by atoms with E-state index in [0.29, 0.717) is 0 Å². The summed E-state index contributed by atoms with van der Waals surface area (Å²) < 4.78 is 5.17. The number of rotatable bonds is 3. The van der Waals surface area contributed by atoms with Crippen LogP contribution in [0.25, 0.3) is 6.08 Å². The number of furan rings is 1. The molecule has 16 heavy (non-hydrogen) atoms. The van der Waals surface area contributed by atoms with Crippen molar-refractivity contribution in [2.45, 2.75) is 39.0 Å². The molecule has 0 atom stereocenters. The molecule has 1 aliphatic rings. The van der Waals surface area contributed by atoms with Gasteiger partial charge in [0.1, 0.15) is 5.76 Å². The zero-order valence-corrected chi connectivity index (χ0v) is 9.74. The lowest BCUT2D eigenvalue weighted by Crippen LogP contribution is -2.28. The number of carbonyl (C=O) groups is 1. The van der Waals surface area contributed by atoms with Crippen LogP contribution in [0.4, 0.5) is 0 Å². The lowest BCUT2D eigenvalue weighted by molar-refractivity contribution is -0.124. The molecule has 86 valence electrons. The van der Waals surface area contributed by atoms with Crippen molar-refractivity contribution < 1.29 is 9.21 Å². The Morgan fingerprint density at radius 3 is 2.75 bits per heavy atom. The van der Waals surface area contributed by atoms with Crippen molar-refractivity contribution in [3.05, 3.63) is 30.2 Å². The Hall–Kier alpha value is -1.31. The maximum absolute atomic E-state index is 12.1. The molecule has 0 amide bonds. The molecule has 0 spiro atoms. The van der Waals surface area contributed by atoms with Crippen molar-refractivity contribution in [1.29, 1.82) is 0 Å². The standard InChI is InChI=1S/C14H18O2/c1-14(9-3-2-4-10-14)13(15)8-7-12-6-5-11-16-12/h5-8,11H,2-4,9-10H2,1H3/b8-7+. The van der Waals surface area contributed by atoms with Gasteiger partial charge in [0.15, 0.2) is 5.78 Å². The van der Waals surface area contributed by atoms with Gasteiger partial charge < -0.3 is 4.42 Å². The van der Waals surface area contributed by atoms with Crippen molar-refractivity contribution in [3.63, 3.8) is 0 Å². The highest BCUT2D eigenvalue weighted by atomic mass is 16.3. The van der Waals surface area contributed by atoms with Gasteiger partial charge in [-0.25, -0.2) is 0 Å². The maximum atomic E-state index is 12.1. The predicted molar refractivity (Wildman–Crippen MR) is 63.9 cm³/mol. The van der Waals surface area contributed by atoms with E-state index in [1.807, 2.05) is 12.1 Å². The Morgan fingerprint density at radius 1 is 1.38 bits per heavy atom. The Balaban J connectivity index is 2.02. The van der Waals surface area contributed by atoms with E-state index >= 15 is 0 Å². The number of hydrogen-bond acceptors (Lipinski definition) is 2. The van der Waals surface area contributed by atoms with E-state index in [0.717, 1.165) is 18.6 Å². The smallest absolute Gasteiger partial charge is 0.161 e. The average molecular weight is 218 g/mol. The van der Waals surface area contributed by atoms with Crippen LogP contribution in [0.1, 0.15) is 44.8 Å². The van der Waals surface area contributed by atoms with E-state index < -0.39 is 0 Å². The van der Waals surface area contributed by atoms with Crippen molar-refractivity contribution >= 4 is 11.9 Å². The van der Waals surface area contributed by atoms with Gasteiger partial charge in [0.2, 0.25) is 0 Å². The topological polar surface area (TPSA) is 30.2 Å². The summed E-state index contributed by atoms with van der Waals surface area (Å²) in [5, 5.41) is 0. The minimum absolute atomic E-state index is 0.138. The molecule has 0 N–H and O–H groups in total. The number of ketones is 1. The molecule has 0 unspecified atom stereocenters. The summed E-state index contributed by atoms with van der Waals surface area (Å²) >= 11 is 0. The third-order valence-corrected chi connectivity index (χ3v) is 3.49. The third kappa shape index (κ3) is 2.43. The monoisotopic (exact) mass is 218 g/mol. The Kier molecular flexibility index (Phi) is 3.28. The lowest BCUT2D eigenvalue weighted by atomic mass is 9.72. The second-order valence-corrected chi connectivity index (χ2v) is 4.83. The largest absolute Gasteiger partial charge is 0.465 e. The minimum Gasteiger partial charge on any atom is -0.465 e. The Bertz CT molecular complexity index is 367. The highest BCUT2D eigenvalue weighted by Crippen LogP contribution is 2.36. The molecular formula is C14H18O2. The molecule has 1 aromatic heterocycles. The van der Waals surface area contributed by atoms with Gasteiger partial charge in [0.25, 0.3) is 0 Å². The molecule has 0 aliphatic heterocycles. The fraction of sp³-hybridized carbons (Fsp3) is 0.500. The van der Waals surface area contributed by atoms with Crippen LogP contribution in [0.3, 0.4) is 0 Å². The first kappa shape index (κ1) is 11.2. The van der Waals surface area contributed by atoms with Crippen molar-refractivity contribution in [2.24, 2.45) is 5.41 Å². The van der Waals surface area contributed by atoms with E-state index in [4.69, 9.17) is 4.42 Å². The van der Waals surface area contributed by atoms with Crippen molar-refractivity contribution in [3.8, 4) is 0 Å². The van der Waals surface area contributed by atoms with Crippen molar-refractivity contribution in [2.75, 3.05) is 0 Å². The molecule has 1 aromatic rings. The summed E-state index contributed by atoms with van der Waals surface area (Å²) in [7, 11) is 0. The van der Waals surface area contributed by atoms with Crippen LogP contribution in [0, 0.1) is 5.41 Å². The quantitative estimate of drug-likeness (QED) is 0.722. The van der Waals surface area contributed by atoms with Gasteiger partial charge in [-0.3, -0.25) is 4.79 Å². The van der Waals surface area contributed by atoms with E-state index in [-0.39, 0.29) is 11.2 Å². The van der Waals surface area contributed by atoms with Gasteiger partial charge in [-0.15, -0.1) is 0 Å². The number of carbonyl (C=O) groups excluding carboxylic acids is 1. The Labute approximate surface area is 96.3 Å². The third-order valence-electron chi connectivity index (χ3n) is 3.49. The zero-order valence-electron chi connectivity index (χ0n) is 9.74. The predicted octanol–water partition coefficient (Wildman–Crippen LogP) is 3.83. The first-order valence-corrected chi connectivity index (χ1v) is 5.97. The van der Waals surface area contributed by atoms with E-state index in [1.54, 1.807) is 18.4 Å². The van der Waals surface area contributed by atoms with E-state index in [1.165, 1.54) is 19.3 Å². The zero-order chi connectivity index (χ0) is 11.4. The molecule has 0 saturated heterocycles. The fourth-order valence-corrected chi connectivity index (χ4v) is 2.32. The van der Waals surface area contributed by atoms with Gasteiger partial charge in [0, 0.05) is 5.41 Å². The molecule has 2 heteroatoms. The molecule has 2 nitrogen and oxygen atoms in total. The molecular weight excluding hydrogens is 200 g/mol. The molecule has 0 bridgehead atoms. The molecule has 0 aromatic carbocycles. The molecule has 2 rings (SSSR count).